The Hall–Kier alpha value is -3.59. The van der Waals surface area contributed by atoms with Gasteiger partial charge in [-0.3, -0.25) is 19.3 Å². The Labute approximate surface area is 222 Å². The second-order valence-corrected chi connectivity index (χ2v) is 11.5. The molecule has 1 saturated heterocycles. The number of rotatable bonds is 10. The molecule has 2 amide bonds. The lowest BCUT2D eigenvalue weighted by Crippen LogP contribution is -2.71. The first-order chi connectivity index (χ1) is 17.7. The summed E-state index contributed by atoms with van der Waals surface area (Å²) in [5, 5.41) is 24.8. The van der Waals surface area contributed by atoms with Crippen LogP contribution in [0.4, 0.5) is 0 Å². The SMILES string of the molecule is C[n+]1cnc(SCC2=C(C(=O)O)N3C(=O)C(NC(=O)C(C(=O)O)c4ccc(CN=[N+]=[N-])cc4)C3SC2)s1. The van der Waals surface area contributed by atoms with Crippen LogP contribution in [0.1, 0.15) is 17.0 Å². The van der Waals surface area contributed by atoms with Crippen LogP contribution in [-0.4, -0.2) is 66.8 Å². The number of aliphatic carboxylic acids is 2. The predicted molar refractivity (Wildman–Crippen MR) is 133 cm³/mol. The van der Waals surface area contributed by atoms with E-state index < -0.39 is 41.1 Å². The molecule has 0 aliphatic carbocycles. The Morgan fingerprint density at radius 2 is 2.08 bits per heavy atom. The normalized spacial score (nSPS) is 19.4. The van der Waals surface area contributed by atoms with Crippen LogP contribution in [0.5, 0.6) is 0 Å². The topological polar surface area (TPSA) is 190 Å². The van der Waals surface area contributed by atoms with Crippen LogP contribution in [0.15, 0.2) is 51.3 Å². The van der Waals surface area contributed by atoms with Gasteiger partial charge in [-0.25, -0.2) is 4.79 Å². The monoisotopic (exact) mass is 562 g/mol. The van der Waals surface area contributed by atoms with E-state index in [2.05, 4.69) is 20.3 Å². The van der Waals surface area contributed by atoms with E-state index in [9.17, 15) is 29.4 Å². The number of nitrogens with one attached hydrogen (secondary N) is 1. The third-order valence-corrected chi connectivity index (χ3v) is 9.01. The number of aromatic nitrogens is 2. The standard InChI is InChI=1S/C21H19N7O6S3/c1-27-9-23-21(37-27)36-8-12-7-35-18-14(17(30)28(18)15(12)20(33)34)25-16(29)13(19(31)32)11-4-2-10(3-5-11)6-24-26-22/h2-5,9,13-14,18H,6-8H2,1H3,(H2-,25,29,31,32,33,34)/p+1. The number of benzene rings is 1. The Bertz CT molecular complexity index is 1340. The molecule has 3 N–H and O–H groups in total. The number of hydrogen-bond acceptors (Lipinski definition) is 9. The van der Waals surface area contributed by atoms with Crippen LogP contribution < -0.4 is 9.27 Å². The van der Waals surface area contributed by atoms with Gasteiger partial charge in [0.05, 0.1) is 25.1 Å². The molecule has 192 valence electrons. The number of hydrogen-bond donors (Lipinski definition) is 3. The Balaban J connectivity index is 1.47. The van der Waals surface area contributed by atoms with Crippen molar-refractivity contribution >= 4 is 58.8 Å². The number of amides is 2. The lowest BCUT2D eigenvalue weighted by molar-refractivity contribution is -0.603. The zero-order chi connectivity index (χ0) is 26.7. The number of nitrogens with zero attached hydrogens (tertiary/aromatic N) is 6. The van der Waals surface area contributed by atoms with Crippen molar-refractivity contribution in [1.29, 1.82) is 0 Å². The third-order valence-electron chi connectivity index (χ3n) is 5.60. The minimum Gasteiger partial charge on any atom is -0.480 e. The number of carbonyl (C=O) groups is 4. The molecular weight excluding hydrogens is 542 g/mol. The molecule has 1 aromatic carbocycles. The highest BCUT2D eigenvalue weighted by molar-refractivity contribution is 8.01. The molecule has 37 heavy (non-hydrogen) atoms. The van der Waals surface area contributed by atoms with E-state index in [0.29, 0.717) is 22.6 Å². The number of aryl methyl sites for hydroxylation is 1. The van der Waals surface area contributed by atoms with E-state index in [-0.39, 0.29) is 17.8 Å². The van der Waals surface area contributed by atoms with E-state index >= 15 is 0 Å². The van der Waals surface area contributed by atoms with Crippen LogP contribution in [-0.2, 0) is 32.8 Å². The summed E-state index contributed by atoms with van der Waals surface area (Å²) < 4.78 is 2.58. The van der Waals surface area contributed by atoms with Crippen molar-refractivity contribution in [2.24, 2.45) is 12.2 Å². The molecule has 2 aromatic rings. The first kappa shape index (κ1) is 26.5. The molecule has 3 heterocycles. The van der Waals surface area contributed by atoms with Gasteiger partial charge in [0.2, 0.25) is 5.91 Å². The summed E-state index contributed by atoms with van der Waals surface area (Å²) in [4.78, 5) is 57.9. The molecule has 1 fully saturated rings. The van der Waals surface area contributed by atoms with Gasteiger partial charge in [0.25, 0.3) is 16.6 Å². The molecule has 0 bridgehead atoms. The van der Waals surface area contributed by atoms with Gasteiger partial charge in [0, 0.05) is 16.4 Å². The molecule has 4 rings (SSSR count). The summed E-state index contributed by atoms with van der Waals surface area (Å²) in [5.41, 5.74) is 9.71. The summed E-state index contributed by atoms with van der Waals surface area (Å²) in [6.07, 6.45) is 1.65. The Kier molecular flexibility index (Phi) is 8.02. The highest BCUT2D eigenvalue weighted by Gasteiger charge is 2.54. The van der Waals surface area contributed by atoms with Gasteiger partial charge < -0.3 is 15.5 Å². The zero-order valence-electron chi connectivity index (χ0n) is 19.2. The maximum absolute atomic E-state index is 12.9. The zero-order valence-corrected chi connectivity index (χ0v) is 21.6. The highest BCUT2D eigenvalue weighted by atomic mass is 32.2. The van der Waals surface area contributed by atoms with E-state index in [0.717, 1.165) is 9.24 Å². The van der Waals surface area contributed by atoms with Crippen molar-refractivity contribution in [3.63, 3.8) is 0 Å². The molecular formula is C21H20N7O6S3+. The predicted octanol–water partition coefficient (Wildman–Crippen LogP) is 1.48. The van der Waals surface area contributed by atoms with Crippen molar-refractivity contribution in [2.45, 2.75) is 28.2 Å². The number of carboxylic acids is 2. The van der Waals surface area contributed by atoms with Gasteiger partial charge in [0.15, 0.2) is 5.92 Å². The quantitative estimate of drug-likeness (QED) is 0.0732. The Morgan fingerprint density at radius 1 is 1.35 bits per heavy atom. The van der Waals surface area contributed by atoms with E-state index in [1.165, 1.54) is 47.2 Å². The number of carbonyl (C=O) groups excluding carboxylic acids is 2. The van der Waals surface area contributed by atoms with E-state index in [1.54, 1.807) is 18.5 Å². The minimum atomic E-state index is -1.58. The second kappa shape index (κ2) is 11.2. The van der Waals surface area contributed by atoms with Gasteiger partial charge in [0.1, 0.15) is 17.1 Å². The summed E-state index contributed by atoms with van der Waals surface area (Å²) in [6, 6.07) is 4.95. The molecule has 13 nitrogen and oxygen atoms in total. The van der Waals surface area contributed by atoms with Crippen LogP contribution in [0.3, 0.4) is 0 Å². The largest absolute Gasteiger partial charge is 0.480 e. The van der Waals surface area contributed by atoms with Gasteiger partial charge in [-0.15, -0.1) is 11.8 Å². The van der Waals surface area contributed by atoms with Crippen molar-refractivity contribution in [1.82, 2.24) is 15.2 Å². The average molecular weight is 563 g/mol. The molecule has 1 aromatic heterocycles. The Morgan fingerprint density at radius 3 is 2.68 bits per heavy atom. The molecule has 3 unspecified atom stereocenters. The minimum absolute atomic E-state index is 0.0778. The first-order valence-corrected chi connectivity index (χ1v) is 13.5. The van der Waals surface area contributed by atoms with E-state index in [1.807, 2.05) is 11.0 Å². The molecule has 0 spiro atoms. The average Bonchev–Trinajstić information content (AvgIpc) is 3.29. The van der Waals surface area contributed by atoms with Crippen molar-refractivity contribution in [3.8, 4) is 0 Å². The maximum Gasteiger partial charge on any atom is 0.352 e. The number of azide groups is 1. The van der Waals surface area contributed by atoms with E-state index in [4.69, 9.17) is 5.53 Å². The first-order valence-electron chi connectivity index (χ1n) is 10.7. The number of fused-ring (bicyclic) bond motifs is 1. The lowest BCUT2D eigenvalue weighted by atomic mass is 9.95. The number of thioether (sulfide) groups is 2. The smallest absolute Gasteiger partial charge is 0.352 e. The summed E-state index contributed by atoms with van der Waals surface area (Å²) in [7, 11) is 1.84. The second-order valence-electron chi connectivity index (χ2n) is 7.99. The molecule has 0 radical (unpaired) electrons. The van der Waals surface area contributed by atoms with Gasteiger partial charge in [-0.1, -0.05) is 41.1 Å². The van der Waals surface area contributed by atoms with Gasteiger partial charge in [-0.05, 0) is 27.2 Å². The van der Waals surface area contributed by atoms with Crippen molar-refractivity contribution in [2.75, 3.05) is 11.5 Å². The number of β-lactam (4-membered cyclic amide) rings is 1. The molecule has 16 heteroatoms. The van der Waals surface area contributed by atoms with Gasteiger partial charge in [-0.2, -0.15) is 3.96 Å². The van der Waals surface area contributed by atoms with Gasteiger partial charge >= 0.3 is 11.9 Å². The molecule has 2 aliphatic rings. The molecule has 2 aliphatic heterocycles. The fraction of sp³-hybridized carbons (Fsp3) is 0.333. The number of carboxylic acid groups (broad SMARTS) is 2. The molecule has 3 atom stereocenters. The maximum atomic E-state index is 12.9. The van der Waals surface area contributed by atoms with Crippen LogP contribution in [0.25, 0.3) is 10.4 Å². The van der Waals surface area contributed by atoms with Crippen LogP contribution >= 0.6 is 35.1 Å². The summed E-state index contributed by atoms with van der Waals surface area (Å²) in [5.74, 6) is -5.04. The van der Waals surface area contributed by atoms with Crippen molar-refractivity contribution < 1.29 is 33.3 Å². The lowest BCUT2D eigenvalue weighted by Gasteiger charge is -2.49. The van der Waals surface area contributed by atoms with Crippen molar-refractivity contribution in [3.05, 3.63) is 63.4 Å². The summed E-state index contributed by atoms with van der Waals surface area (Å²) in [6.45, 7) is 0.0778. The summed E-state index contributed by atoms with van der Waals surface area (Å²) >= 11 is 4.10. The van der Waals surface area contributed by atoms with Crippen LogP contribution in [0.2, 0.25) is 0 Å². The third kappa shape index (κ3) is 5.56. The molecule has 0 saturated carbocycles. The highest BCUT2D eigenvalue weighted by Crippen LogP contribution is 2.41. The fourth-order valence-corrected chi connectivity index (χ4v) is 7.19. The van der Waals surface area contributed by atoms with Crippen LogP contribution in [0, 0.1) is 0 Å². The fourth-order valence-electron chi connectivity index (χ4n) is 3.88.